The Hall–Kier alpha value is -1.29. The standard InChI is InChI=1S/C13H10Cl2FNO/c14-12-2-1-10(6-13(12)15)18-11-4-8(7-17)3-9(16)5-11/h1-6H,7,17H2. The van der Waals surface area contributed by atoms with E-state index in [9.17, 15) is 4.39 Å². The van der Waals surface area contributed by atoms with Gasteiger partial charge in [-0.25, -0.2) is 4.39 Å². The van der Waals surface area contributed by atoms with Crippen molar-refractivity contribution in [3.05, 3.63) is 57.8 Å². The van der Waals surface area contributed by atoms with Crippen LogP contribution in [0.1, 0.15) is 5.56 Å². The average molecular weight is 286 g/mol. The van der Waals surface area contributed by atoms with Crippen molar-refractivity contribution >= 4 is 23.2 Å². The highest BCUT2D eigenvalue weighted by atomic mass is 35.5. The van der Waals surface area contributed by atoms with Crippen LogP contribution in [0.25, 0.3) is 0 Å². The SMILES string of the molecule is NCc1cc(F)cc(Oc2ccc(Cl)c(Cl)c2)c1. The summed E-state index contributed by atoms with van der Waals surface area (Å²) in [7, 11) is 0. The lowest BCUT2D eigenvalue weighted by atomic mass is 10.2. The highest BCUT2D eigenvalue weighted by molar-refractivity contribution is 6.42. The second-order valence-electron chi connectivity index (χ2n) is 3.68. The molecule has 0 fully saturated rings. The second-order valence-corrected chi connectivity index (χ2v) is 4.49. The third kappa shape index (κ3) is 3.13. The fourth-order valence-electron chi connectivity index (χ4n) is 1.47. The van der Waals surface area contributed by atoms with Gasteiger partial charge in [0.05, 0.1) is 10.0 Å². The van der Waals surface area contributed by atoms with Crippen LogP contribution in [-0.2, 0) is 6.54 Å². The topological polar surface area (TPSA) is 35.2 Å². The van der Waals surface area contributed by atoms with Gasteiger partial charge in [0.25, 0.3) is 0 Å². The van der Waals surface area contributed by atoms with Crippen LogP contribution in [0.15, 0.2) is 36.4 Å². The second kappa shape index (κ2) is 5.57. The molecule has 94 valence electrons. The molecule has 18 heavy (non-hydrogen) atoms. The van der Waals surface area contributed by atoms with Crippen LogP contribution in [-0.4, -0.2) is 0 Å². The monoisotopic (exact) mass is 285 g/mol. The van der Waals surface area contributed by atoms with Crippen LogP contribution < -0.4 is 10.5 Å². The Kier molecular flexibility index (Phi) is 4.07. The summed E-state index contributed by atoms with van der Waals surface area (Å²) in [5, 5.41) is 0.815. The third-order valence-electron chi connectivity index (χ3n) is 2.29. The van der Waals surface area contributed by atoms with Crippen molar-refractivity contribution in [2.24, 2.45) is 5.73 Å². The van der Waals surface area contributed by atoms with E-state index in [1.54, 1.807) is 24.3 Å². The molecule has 2 aromatic carbocycles. The van der Waals surface area contributed by atoms with Gasteiger partial charge < -0.3 is 10.5 Å². The molecule has 2 nitrogen and oxygen atoms in total. The Bertz CT molecular complexity index is 575. The molecule has 0 aliphatic carbocycles. The van der Waals surface area contributed by atoms with Crippen LogP contribution >= 0.6 is 23.2 Å². The van der Waals surface area contributed by atoms with Crippen molar-refractivity contribution in [1.29, 1.82) is 0 Å². The van der Waals surface area contributed by atoms with Gasteiger partial charge in [0.2, 0.25) is 0 Å². The molecule has 0 bridgehead atoms. The quantitative estimate of drug-likeness (QED) is 0.908. The molecule has 0 saturated carbocycles. The van der Waals surface area contributed by atoms with Gasteiger partial charge in [-0.3, -0.25) is 0 Å². The first-order valence-electron chi connectivity index (χ1n) is 5.21. The van der Waals surface area contributed by atoms with Crippen molar-refractivity contribution in [3.8, 4) is 11.5 Å². The fourth-order valence-corrected chi connectivity index (χ4v) is 1.76. The fraction of sp³-hybridized carbons (Fsp3) is 0.0769. The van der Waals surface area contributed by atoms with Crippen molar-refractivity contribution in [2.45, 2.75) is 6.54 Å². The Morgan fingerprint density at radius 3 is 2.44 bits per heavy atom. The summed E-state index contributed by atoms with van der Waals surface area (Å²) in [6, 6.07) is 9.15. The summed E-state index contributed by atoms with van der Waals surface area (Å²) in [6.07, 6.45) is 0. The first-order chi connectivity index (χ1) is 8.58. The smallest absolute Gasteiger partial charge is 0.130 e. The van der Waals surface area contributed by atoms with Gasteiger partial charge in [-0.15, -0.1) is 0 Å². The maximum atomic E-state index is 13.3. The maximum absolute atomic E-state index is 13.3. The Morgan fingerprint density at radius 2 is 1.78 bits per heavy atom. The van der Waals surface area contributed by atoms with Crippen LogP contribution in [0, 0.1) is 5.82 Å². The van der Waals surface area contributed by atoms with E-state index in [0.717, 1.165) is 0 Å². The van der Waals surface area contributed by atoms with Crippen LogP contribution in [0.5, 0.6) is 11.5 Å². The predicted octanol–water partition coefficient (Wildman–Crippen LogP) is 4.38. The van der Waals surface area contributed by atoms with Gasteiger partial charge >= 0.3 is 0 Å². The summed E-state index contributed by atoms with van der Waals surface area (Å²) in [5.41, 5.74) is 6.12. The average Bonchev–Trinajstić information content (AvgIpc) is 2.33. The van der Waals surface area contributed by atoms with E-state index in [4.69, 9.17) is 33.7 Å². The minimum absolute atomic E-state index is 0.246. The number of hydrogen-bond donors (Lipinski definition) is 1. The molecule has 0 unspecified atom stereocenters. The van der Waals surface area contributed by atoms with E-state index in [0.29, 0.717) is 27.1 Å². The molecule has 5 heteroatoms. The molecule has 0 atom stereocenters. The molecule has 0 aromatic heterocycles. The molecule has 0 aliphatic heterocycles. The summed E-state index contributed by atoms with van der Waals surface area (Å²) in [6.45, 7) is 0.246. The van der Waals surface area contributed by atoms with Gasteiger partial charge in [-0.05, 0) is 29.8 Å². The zero-order chi connectivity index (χ0) is 13.1. The first-order valence-corrected chi connectivity index (χ1v) is 5.96. The Labute approximate surface area is 114 Å². The number of halogens is 3. The number of rotatable bonds is 3. The Balaban J connectivity index is 2.27. The number of benzene rings is 2. The highest BCUT2D eigenvalue weighted by Crippen LogP contribution is 2.30. The highest BCUT2D eigenvalue weighted by Gasteiger charge is 2.04. The number of hydrogen-bond acceptors (Lipinski definition) is 2. The van der Waals surface area contributed by atoms with Crippen molar-refractivity contribution in [3.63, 3.8) is 0 Å². The largest absolute Gasteiger partial charge is 0.457 e. The first kappa shape index (κ1) is 13.1. The Morgan fingerprint density at radius 1 is 1.00 bits per heavy atom. The molecule has 0 aliphatic rings. The molecule has 0 radical (unpaired) electrons. The van der Waals surface area contributed by atoms with E-state index in [1.807, 2.05) is 0 Å². The van der Waals surface area contributed by atoms with Crippen LogP contribution in [0.4, 0.5) is 4.39 Å². The van der Waals surface area contributed by atoms with E-state index in [-0.39, 0.29) is 6.54 Å². The summed E-state index contributed by atoms with van der Waals surface area (Å²) in [5.74, 6) is 0.458. The van der Waals surface area contributed by atoms with E-state index >= 15 is 0 Å². The van der Waals surface area contributed by atoms with Crippen LogP contribution in [0.3, 0.4) is 0 Å². The van der Waals surface area contributed by atoms with Crippen molar-refractivity contribution < 1.29 is 9.13 Å². The third-order valence-corrected chi connectivity index (χ3v) is 3.03. The molecule has 0 heterocycles. The molecule has 0 spiro atoms. The van der Waals surface area contributed by atoms with E-state index in [2.05, 4.69) is 0 Å². The normalized spacial score (nSPS) is 10.4. The zero-order valence-electron chi connectivity index (χ0n) is 9.29. The van der Waals surface area contributed by atoms with Gasteiger partial charge in [0.15, 0.2) is 0 Å². The molecular formula is C13H10Cl2FNO. The zero-order valence-corrected chi connectivity index (χ0v) is 10.8. The molecular weight excluding hydrogens is 276 g/mol. The lowest BCUT2D eigenvalue weighted by molar-refractivity contribution is 0.476. The minimum atomic E-state index is -0.395. The lowest BCUT2D eigenvalue weighted by Crippen LogP contribution is -1.97. The molecule has 2 N–H and O–H groups in total. The molecule has 2 aromatic rings. The molecule has 0 saturated heterocycles. The molecule has 2 rings (SSSR count). The van der Waals surface area contributed by atoms with Crippen molar-refractivity contribution in [1.82, 2.24) is 0 Å². The summed E-state index contributed by atoms with van der Waals surface area (Å²) >= 11 is 11.7. The molecule has 0 amide bonds. The van der Waals surface area contributed by atoms with Gasteiger partial charge in [-0.1, -0.05) is 23.2 Å². The minimum Gasteiger partial charge on any atom is -0.457 e. The number of nitrogens with two attached hydrogens (primary N) is 1. The van der Waals surface area contributed by atoms with E-state index < -0.39 is 5.82 Å². The predicted molar refractivity (Wildman–Crippen MR) is 70.8 cm³/mol. The lowest BCUT2D eigenvalue weighted by Gasteiger charge is -2.08. The van der Waals surface area contributed by atoms with Gasteiger partial charge in [0, 0.05) is 18.7 Å². The van der Waals surface area contributed by atoms with Crippen molar-refractivity contribution in [2.75, 3.05) is 0 Å². The summed E-state index contributed by atoms with van der Waals surface area (Å²) in [4.78, 5) is 0. The summed E-state index contributed by atoms with van der Waals surface area (Å²) < 4.78 is 18.8. The van der Waals surface area contributed by atoms with E-state index in [1.165, 1.54) is 12.1 Å². The van der Waals surface area contributed by atoms with Crippen LogP contribution in [0.2, 0.25) is 10.0 Å². The maximum Gasteiger partial charge on any atom is 0.130 e. The van der Waals surface area contributed by atoms with Gasteiger partial charge in [-0.2, -0.15) is 0 Å². The number of ether oxygens (including phenoxy) is 1. The van der Waals surface area contributed by atoms with Gasteiger partial charge in [0.1, 0.15) is 17.3 Å².